The van der Waals surface area contributed by atoms with Gasteiger partial charge in [0.25, 0.3) is 11.8 Å². The van der Waals surface area contributed by atoms with Gasteiger partial charge in [-0.15, -0.1) is 0 Å². The Hall–Kier alpha value is -4.14. The minimum absolute atomic E-state index is 0.0605. The topological polar surface area (TPSA) is 83.6 Å². The number of benzene rings is 4. The number of fused-ring (bicyclic) bond motifs is 1. The van der Waals surface area contributed by atoms with Crippen LogP contribution in [-0.4, -0.2) is 38.8 Å². The Morgan fingerprint density at radius 3 is 2.27 bits per heavy atom. The molecule has 0 saturated carbocycles. The molecule has 8 heteroatoms. The van der Waals surface area contributed by atoms with Crippen molar-refractivity contribution in [3.05, 3.63) is 125 Å². The SMILES string of the molecule is CS(=O)(=O)CCC1=CCN(C(=O)c2ccc(NC(=O)c3ccccc3-c3ccccc3)cc2)c2ccccc2S1. The van der Waals surface area contributed by atoms with Crippen LogP contribution in [0, 0.1) is 0 Å². The van der Waals surface area contributed by atoms with Gasteiger partial charge in [0.1, 0.15) is 9.84 Å². The van der Waals surface area contributed by atoms with Crippen LogP contribution in [0.25, 0.3) is 11.1 Å². The highest BCUT2D eigenvalue weighted by atomic mass is 32.2. The smallest absolute Gasteiger partial charge is 0.258 e. The average Bonchev–Trinajstić information content (AvgIpc) is 3.16. The lowest BCUT2D eigenvalue weighted by Crippen LogP contribution is -2.31. The second-order valence-corrected chi connectivity index (χ2v) is 12.9. The van der Waals surface area contributed by atoms with Crippen LogP contribution in [0.1, 0.15) is 27.1 Å². The highest BCUT2D eigenvalue weighted by molar-refractivity contribution is 8.03. The molecule has 2 amide bonds. The molecule has 0 fully saturated rings. The molecule has 1 heterocycles. The summed E-state index contributed by atoms with van der Waals surface area (Å²) in [7, 11) is -3.10. The molecule has 0 aliphatic carbocycles. The van der Waals surface area contributed by atoms with Crippen molar-refractivity contribution in [3.63, 3.8) is 0 Å². The Morgan fingerprint density at radius 1 is 0.850 bits per heavy atom. The minimum Gasteiger partial charge on any atom is -0.322 e. The number of sulfone groups is 1. The van der Waals surface area contributed by atoms with E-state index in [4.69, 9.17) is 0 Å². The zero-order valence-electron chi connectivity index (χ0n) is 21.9. The lowest BCUT2D eigenvalue weighted by molar-refractivity contribution is 0.0988. The van der Waals surface area contributed by atoms with Gasteiger partial charge in [-0.25, -0.2) is 8.42 Å². The number of carbonyl (C=O) groups is 2. The Morgan fingerprint density at radius 2 is 1.52 bits per heavy atom. The minimum atomic E-state index is -3.10. The normalized spacial score (nSPS) is 13.1. The van der Waals surface area contributed by atoms with Gasteiger partial charge in [-0.2, -0.15) is 0 Å². The standard InChI is InChI=1S/C32H28N2O4S2/c1-40(37,38)22-20-26-19-21-34(29-13-7-8-14-30(29)39-26)32(36)24-15-17-25(18-16-24)33-31(35)28-12-6-5-11-27(28)23-9-3-2-4-10-23/h2-19H,20-22H2,1H3,(H,33,35). The average molecular weight is 569 g/mol. The van der Waals surface area contributed by atoms with E-state index in [2.05, 4.69) is 5.32 Å². The molecule has 0 spiro atoms. The zero-order chi connectivity index (χ0) is 28.1. The van der Waals surface area contributed by atoms with E-state index in [0.717, 1.165) is 26.6 Å². The number of nitrogens with zero attached hydrogens (tertiary/aromatic N) is 1. The molecule has 4 aromatic carbocycles. The molecule has 0 radical (unpaired) electrons. The molecule has 1 N–H and O–H groups in total. The summed E-state index contributed by atoms with van der Waals surface area (Å²) in [5.74, 6) is -0.352. The molecular weight excluding hydrogens is 540 g/mol. The van der Waals surface area contributed by atoms with Crippen LogP contribution in [0.4, 0.5) is 11.4 Å². The van der Waals surface area contributed by atoms with Crippen molar-refractivity contribution in [2.45, 2.75) is 11.3 Å². The van der Waals surface area contributed by atoms with Crippen molar-refractivity contribution >= 4 is 44.8 Å². The Kier molecular flexibility index (Phi) is 8.19. The van der Waals surface area contributed by atoms with E-state index in [0.29, 0.717) is 29.8 Å². The molecule has 1 aliphatic heterocycles. The predicted octanol–water partition coefficient (Wildman–Crippen LogP) is 6.68. The van der Waals surface area contributed by atoms with Crippen LogP contribution in [0.15, 0.2) is 119 Å². The first-order chi connectivity index (χ1) is 19.3. The van der Waals surface area contributed by atoms with Crippen molar-refractivity contribution in [2.24, 2.45) is 0 Å². The summed E-state index contributed by atoms with van der Waals surface area (Å²) in [5.41, 5.74) is 4.20. The number of hydrogen-bond donors (Lipinski definition) is 1. The third kappa shape index (κ3) is 6.52. The Bertz CT molecular complexity index is 1680. The number of allylic oxidation sites excluding steroid dienone is 1. The summed E-state index contributed by atoms with van der Waals surface area (Å²) in [6.07, 6.45) is 3.56. The van der Waals surface area contributed by atoms with E-state index in [1.54, 1.807) is 35.2 Å². The number of hydrogen-bond acceptors (Lipinski definition) is 5. The lowest BCUT2D eigenvalue weighted by Gasteiger charge is -2.22. The lowest BCUT2D eigenvalue weighted by atomic mass is 9.99. The van der Waals surface area contributed by atoms with Crippen LogP contribution in [-0.2, 0) is 9.84 Å². The largest absolute Gasteiger partial charge is 0.322 e. The van der Waals surface area contributed by atoms with E-state index in [1.807, 2.05) is 78.9 Å². The van der Waals surface area contributed by atoms with E-state index < -0.39 is 9.84 Å². The predicted molar refractivity (Wildman–Crippen MR) is 163 cm³/mol. The fourth-order valence-corrected chi connectivity index (χ4v) is 6.27. The van der Waals surface area contributed by atoms with Crippen LogP contribution in [0.5, 0.6) is 0 Å². The summed E-state index contributed by atoms with van der Waals surface area (Å²) in [5, 5.41) is 2.95. The second kappa shape index (κ2) is 11.9. The number of para-hydroxylation sites is 1. The van der Waals surface area contributed by atoms with E-state index in [-0.39, 0.29) is 17.6 Å². The monoisotopic (exact) mass is 568 g/mol. The van der Waals surface area contributed by atoms with E-state index >= 15 is 0 Å². The molecule has 0 saturated heterocycles. The van der Waals surface area contributed by atoms with Gasteiger partial charge in [0, 0.05) is 34.5 Å². The maximum atomic E-state index is 13.6. The molecule has 0 unspecified atom stereocenters. The van der Waals surface area contributed by atoms with Gasteiger partial charge in [0.15, 0.2) is 0 Å². The summed E-state index contributed by atoms with van der Waals surface area (Å²) in [6, 6.07) is 31.7. The third-order valence-corrected chi connectivity index (χ3v) is 8.65. The van der Waals surface area contributed by atoms with Gasteiger partial charge in [-0.05, 0) is 64.9 Å². The maximum absolute atomic E-state index is 13.6. The van der Waals surface area contributed by atoms with Crippen LogP contribution < -0.4 is 10.2 Å². The van der Waals surface area contributed by atoms with Crippen molar-refractivity contribution < 1.29 is 18.0 Å². The summed E-state index contributed by atoms with van der Waals surface area (Å²) >= 11 is 1.50. The van der Waals surface area contributed by atoms with Gasteiger partial charge in [-0.3, -0.25) is 9.59 Å². The fraction of sp³-hybridized carbons (Fsp3) is 0.125. The highest BCUT2D eigenvalue weighted by Gasteiger charge is 2.23. The molecule has 0 atom stereocenters. The van der Waals surface area contributed by atoms with Gasteiger partial charge in [0.05, 0.1) is 11.4 Å². The summed E-state index contributed by atoms with van der Waals surface area (Å²) in [6.45, 7) is 0.330. The van der Waals surface area contributed by atoms with Crippen molar-refractivity contribution in [3.8, 4) is 11.1 Å². The molecule has 0 aromatic heterocycles. The third-order valence-electron chi connectivity index (χ3n) is 6.51. The molecule has 5 rings (SSSR count). The molecule has 202 valence electrons. The first kappa shape index (κ1) is 27.4. The van der Waals surface area contributed by atoms with Crippen LogP contribution in [0.2, 0.25) is 0 Å². The first-order valence-electron chi connectivity index (χ1n) is 12.8. The number of thioether (sulfide) groups is 1. The number of anilines is 2. The van der Waals surface area contributed by atoms with Gasteiger partial charge in [0.2, 0.25) is 0 Å². The van der Waals surface area contributed by atoms with Crippen LogP contribution >= 0.6 is 11.8 Å². The molecule has 40 heavy (non-hydrogen) atoms. The zero-order valence-corrected chi connectivity index (χ0v) is 23.5. The number of nitrogens with one attached hydrogen (secondary N) is 1. The number of amides is 2. The Balaban J connectivity index is 1.33. The van der Waals surface area contributed by atoms with Crippen molar-refractivity contribution in [1.82, 2.24) is 0 Å². The summed E-state index contributed by atoms with van der Waals surface area (Å²) < 4.78 is 23.4. The van der Waals surface area contributed by atoms with Gasteiger partial charge in [-0.1, -0.05) is 78.5 Å². The molecule has 4 aromatic rings. The van der Waals surface area contributed by atoms with Crippen LogP contribution in [0.3, 0.4) is 0 Å². The van der Waals surface area contributed by atoms with Gasteiger partial charge >= 0.3 is 0 Å². The quantitative estimate of drug-likeness (QED) is 0.269. The Labute approximate surface area is 238 Å². The number of carbonyl (C=O) groups excluding carboxylic acids is 2. The first-order valence-corrected chi connectivity index (χ1v) is 15.7. The highest BCUT2D eigenvalue weighted by Crippen LogP contribution is 2.39. The van der Waals surface area contributed by atoms with E-state index in [9.17, 15) is 18.0 Å². The van der Waals surface area contributed by atoms with Gasteiger partial charge < -0.3 is 10.2 Å². The molecule has 6 nitrogen and oxygen atoms in total. The summed E-state index contributed by atoms with van der Waals surface area (Å²) in [4.78, 5) is 30.3. The second-order valence-electron chi connectivity index (χ2n) is 9.48. The fourth-order valence-electron chi connectivity index (χ4n) is 4.47. The molecular formula is C32H28N2O4S2. The number of rotatable bonds is 7. The van der Waals surface area contributed by atoms with Crippen molar-refractivity contribution in [2.75, 3.05) is 28.8 Å². The maximum Gasteiger partial charge on any atom is 0.258 e. The van der Waals surface area contributed by atoms with Crippen molar-refractivity contribution in [1.29, 1.82) is 0 Å². The molecule has 0 bridgehead atoms. The van der Waals surface area contributed by atoms with E-state index in [1.165, 1.54) is 18.0 Å². The molecule has 1 aliphatic rings.